The molecule has 3 heteroatoms. The van der Waals surface area contributed by atoms with Gasteiger partial charge in [0.2, 0.25) is 5.91 Å². The zero-order chi connectivity index (χ0) is 15.2. The van der Waals surface area contributed by atoms with E-state index in [1.807, 2.05) is 0 Å². The van der Waals surface area contributed by atoms with Crippen LogP contribution in [0.4, 0.5) is 0 Å². The Labute approximate surface area is 133 Å². The molecular weight excluding hydrogens is 272 g/mol. The van der Waals surface area contributed by atoms with E-state index in [2.05, 4.69) is 52.7 Å². The molecule has 3 rings (SSSR count). The van der Waals surface area contributed by atoms with Crippen molar-refractivity contribution in [3.63, 3.8) is 0 Å². The second-order valence-corrected chi connectivity index (χ2v) is 6.57. The van der Waals surface area contributed by atoms with Crippen LogP contribution in [0, 0.1) is 5.92 Å². The van der Waals surface area contributed by atoms with Crippen molar-refractivity contribution < 1.29 is 4.79 Å². The quantitative estimate of drug-likeness (QED) is 0.847. The molecule has 0 unspecified atom stereocenters. The van der Waals surface area contributed by atoms with Crippen LogP contribution in [0.25, 0.3) is 0 Å². The third-order valence-corrected chi connectivity index (χ3v) is 4.76. The summed E-state index contributed by atoms with van der Waals surface area (Å²) < 4.78 is 0. The first kappa shape index (κ1) is 15.3. The summed E-state index contributed by atoms with van der Waals surface area (Å²) in [4.78, 5) is 14.6. The molecule has 0 aromatic heterocycles. The van der Waals surface area contributed by atoms with Crippen molar-refractivity contribution >= 4 is 5.91 Å². The monoisotopic (exact) mass is 298 g/mol. The van der Waals surface area contributed by atoms with Gasteiger partial charge in [0, 0.05) is 32.1 Å². The topological polar surface area (TPSA) is 32.3 Å². The van der Waals surface area contributed by atoms with E-state index < -0.39 is 0 Å². The van der Waals surface area contributed by atoms with Crippen LogP contribution < -0.4 is 5.32 Å². The number of likely N-dealkylation sites (tertiary alicyclic amines) is 1. The predicted octanol–water partition coefficient (Wildman–Crippen LogP) is 3.12. The molecule has 0 spiro atoms. The second-order valence-electron chi connectivity index (χ2n) is 6.57. The third kappa shape index (κ3) is 4.44. The predicted molar refractivity (Wildman–Crippen MR) is 89.4 cm³/mol. The van der Waals surface area contributed by atoms with Crippen molar-refractivity contribution in [2.24, 2.45) is 5.92 Å². The van der Waals surface area contributed by atoms with Gasteiger partial charge < -0.3 is 5.32 Å². The van der Waals surface area contributed by atoms with Gasteiger partial charge in [-0.3, -0.25) is 9.69 Å². The molecule has 1 aromatic rings. The van der Waals surface area contributed by atoms with Crippen LogP contribution in [0.2, 0.25) is 0 Å². The molecule has 1 aromatic carbocycles. The fourth-order valence-electron chi connectivity index (χ4n) is 3.47. The van der Waals surface area contributed by atoms with E-state index in [1.165, 1.54) is 5.56 Å². The van der Waals surface area contributed by atoms with Gasteiger partial charge in [-0.2, -0.15) is 0 Å². The first-order valence-corrected chi connectivity index (χ1v) is 8.52. The van der Waals surface area contributed by atoms with E-state index in [1.54, 1.807) is 0 Å². The van der Waals surface area contributed by atoms with Crippen LogP contribution in [0.5, 0.6) is 0 Å². The van der Waals surface area contributed by atoms with E-state index in [4.69, 9.17) is 0 Å². The van der Waals surface area contributed by atoms with Crippen molar-refractivity contribution in [1.29, 1.82) is 0 Å². The highest BCUT2D eigenvalue weighted by Crippen LogP contribution is 2.20. The number of carbonyl (C=O) groups excluding carboxylic acids is 1. The zero-order valence-electron chi connectivity index (χ0n) is 13.2. The Morgan fingerprint density at radius 1 is 1.14 bits per heavy atom. The van der Waals surface area contributed by atoms with Gasteiger partial charge in [0.15, 0.2) is 0 Å². The minimum atomic E-state index is 0.234. The van der Waals surface area contributed by atoms with E-state index >= 15 is 0 Å². The van der Waals surface area contributed by atoms with Crippen molar-refractivity contribution in [2.45, 2.75) is 44.7 Å². The fraction of sp³-hybridized carbons (Fsp3) is 0.526. The molecular formula is C19H26N2O. The van der Waals surface area contributed by atoms with Gasteiger partial charge in [-0.15, -0.1) is 0 Å². The summed E-state index contributed by atoms with van der Waals surface area (Å²) in [7, 11) is 0. The Kier molecular flexibility index (Phi) is 5.28. The van der Waals surface area contributed by atoms with E-state index in [0.29, 0.717) is 18.4 Å². The van der Waals surface area contributed by atoms with Crippen molar-refractivity contribution in [3.05, 3.63) is 48.0 Å². The maximum absolute atomic E-state index is 12.1. The summed E-state index contributed by atoms with van der Waals surface area (Å²) in [6, 6.07) is 11.0. The largest absolute Gasteiger partial charge is 0.353 e. The lowest BCUT2D eigenvalue weighted by Gasteiger charge is -2.32. The molecule has 0 radical (unpaired) electrons. The lowest BCUT2D eigenvalue weighted by atomic mass is 10.0. The van der Waals surface area contributed by atoms with Crippen LogP contribution in [0.15, 0.2) is 42.5 Å². The molecule has 118 valence electrons. The van der Waals surface area contributed by atoms with Crippen LogP contribution in [-0.4, -0.2) is 29.9 Å². The summed E-state index contributed by atoms with van der Waals surface area (Å²) in [5, 5.41) is 3.23. The maximum Gasteiger partial charge on any atom is 0.220 e. The Morgan fingerprint density at radius 3 is 2.59 bits per heavy atom. The highest BCUT2D eigenvalue weighted by atomic mass is 16.1. The number of hydrogen-bond donors (Lipinski definition) is 1. The molecule has 1 aliphatic heterocycles. The molecule has 1 N–H and O–H groups in total. The summed E-state index contributed by atoms with van der Waals surface area (Å²) >= 11 is 0. The smallest absolute Gasteiger partial charge is 0.220 e. The number of carbonyl (C=O) groups is 1. The second kappa shape index (κ2) is 7.59. The molecule has 2 aliphatic rings. The number of piperidine rings is 1. The Morgan fingerprint density at radius 2 is 1.91 bits per heavy atom. The van der Waals surface area contributed by atoms with Crippen LogP contribution in [0.1, 0.15) is 37.7 Å². The van der Waals surface area contributed by atoms with Gasteiger partial charge in [0.1, 0.15) is 0 Å². The molecule has 1 atom stereocenters. The van der Waals surface area contributed by atoms with E-state index in [-0.39, 0.29) is 5.91 Å². The molecule has 1 saturated heterocycles. The molecule has 0 saturated carbocycles. The van der Waals surface area contributed by atoms with Gasteiger partial charge >= 0.3 is 0 Å². The van der Waals surface area contributed by atoms with E-state index in [9.17, 15) is 4.79 Å². The SMILES string of the molecule is O=C(C[C@H]1C=CCC1)NC1CCN(Cc2ccccc2)CC1. The van der Waals surface area contributed by atoms with Crippen LogP contribution >= 0.6 is 0 Å². The zero-order valence-corrected chi connectivity index (χ0v) is 13.2. The number of rotatable bonds is 5. The van der Waals surface area contributed by atoms with Crippen molar-refractivity contribution in [3.8, 4) is 0 Å². The van der Waals surface area contributed by atoms with Gasteiger partial charge in [0.05, 0.1) is 0 Å². The van der Waals surface area contributed by atoms with Gasteiger partial charge in [-0.25, -0.2) is 0 Å². The van der Waals surface area contributed by atoms with Crippen molar-refractivity contribution in [1.82, 2.24) is 10.2 Å². The number of nitrogens with one attached hydrogen (secondary N) is 1. The van der Waals surface area contributed by atoms with Gasteiger partial charge in [-0.05, 0) is 37.2 Å². The summed E-state index contributed by atoms with van der Waals surface area (Å²) in [6.45, 7) is 3.17. The molecule has 0 bridgehead atoms. The molecule has 1 heterocycles. The maximum atomic E-state index is 12.1. The first-order valence-electron chi connectivity index (χ1n) is 8.52. The Bertz CT molecular complexity index is 503. The van der Waals surface area contributed by atoms with Crippen LogP contribution in [-0.2, 0) is 11.3 Å². The lowest BCUT2D eigenvalue weighted by Crippen LogP contribution is -2.44. The summed E-state index contributed by atoms with van der Waals surface area (Å²) in [6.07, 6.45) is 9.47. The summed E-state index contributed by atoms with van der Waals surface area (Å²) in [5.74, 6) is 0.705. The molecule has 1 fully saturated rings. The molecule has 1 aliphatic carbocycles. The molecule has 1 amide bonds. The van der Waals surface area contributed by atoms with Gasteiger partial charge in [0.25, 0.3) is 0 Å². The van der Waals surface area contributed by atoms with Crippen molar-refractivity contribution in [2.75, 3.05) is 13.1 Å². The molecule has 3 nitrogen and oxygen atoms in total. The van der Waals surface area contributed by atoms with Gasteiger partial charge in [-0.1, -0.05) is 42.5 Å². The summed E-state index contributed by atoms with van der Waals surface area (Å²) in [5.41, 5.74) is 1.37. The van der Waals surface area contributed by atoms with Crippen LogP contribution in [0.3, 0.4) is 0 Å². The highest BCUT2D eigenvalue weighted by Gasteiger charge is 2.22. The Balaban J connectivity index is 1.38. The average molecular weight is 298 g/mol. The third-order valence-electron chi connectivity index (χ3n) is 4.76. The number of amides is 1. The normalized spacial score (nSPS) is 22.8. The fourth-order valence-corrected chi connectivity index (χ4v) is 3.47. The number of benzene rings is 1. The average Bonchev–Trinajstić information content (AvgIpc) is 3.03. The minimum Gasteiger partial charge on any atom is -0.353 e. The number of nitrogens with zero attached hydrogens (tertiary/aromatic N) is 1. The Hall–Kier alpha value is -1.61. The first-order chi connectivity index (χ1) is 10.8. The number of allylic oxidation sites excluding steroid dienone is 2. The highest BCUT2D eigenvalue weighted by molar-refractivity contribution is 5.76. The van der Waals surface area contributed by atoms with E-state index in [0.717, 1.165) is 45.3 Å². The standard InChI is InChI=1S/C19H26N2O/c22-19(14-16-6-4-5-7-16)20-18-10-12-21(13-11-18)15-17-8-2-1-3-9-17/h1-4,6,8-9,16,18H,5,7,10-15H2,(H,20,22)/t16-/m0/s1. The minimum absolute atomic E-state index is 0.234. The number of hydrogen-bond acceptors (Lipinski definition) is 2. The molecule has 22 heavy (non-hydrogen) atoms. The lowest BCUT2D eigenvalue weighted by molar-refractivity contribution is -0.122.